The van der Waals surface area contributed by atoms with E-state index in [-0.39, 0.29) is 6.54 Å². The largest absolute Gasteiger partial charge is 0.452 e. The molecule has 5 rings (SSSR count). The number of aromatic nitrogens is 4. The molecule has 3 heterocycles. The van der Waals surface area contributed by atoms with E-state index >= 15 is 0 Å². The summed E-state index contributed by atoms with van der Waals surface area (Å²) in [5.74, 6) is 0.149. The van der Waals surface area contributed by atoms with Crippen LogP contribution in [-0.4, -0.2) is 91.2 Å². The molecule has 3 aromatic rings. The van der Waals surface area contributed by atoms with Gasteiger partial charge in [-0.15, -0.1) is 10.2 Å². The maximum absolute atomic E-state index is 13.7. The van der Waals surface area contributed by atoms with Crippen molar-refractivity contribution in [2.24, 2.45) is 4.99 Å². The molecule has 212 valence electrons. The van der Waals surface area contributed by atoms with Crippen molar-refractivity contribution < 1.29 is 28.7 Å². The monoisotopic (exact) mass is 560 g/mol. The van der Waals surface area contributed by atoms with Crippen molar-refractivity contribution in [1.29, 1.82) is 0 Å². The van der Waals surface area contributed by atoms with Gasteiger partial charge in [-0.2, -0.15) is 15.0 Å². The standard InChI is InChI=1S/C27H28N8O6/c1-5-8-20-28-27(2)21(23(36)34(25(38)40-3)24(37)35(27)26(39)41-4)33(20)15-16-11-13-17(14-12-16)18-9-6-7-10-19(18)22-29-31-32-30-22/h6-7,9-14,21H,5,8,15H2,1-4H3,(H,29,30,31,32). The number of carbonyl (C=O) groups is 4. The van der Waals surface area contributed by atoms with Crippen LogP contribution in [0.5, 0.6) is 0 Å². The van der Waals surface area contributed by atoms with E-state index in [1.165, 1.54) is 6.92 Å². The second kappa shape index (κ2) is 10.8. The Morgan fingerprint density at radius 2 is 1.68 bits per heavy atom. The number of methoxy groups -OCH3 is 2. The summed E-state index contributed by atoms with van der Waals surface area (Å²) >= 11 is 0. The number of imide groups is 4. The third-order valence-corrected chi connectivity index (χ3v) is 7.13. The lowest BCUT2D eigenvalue weighted by Crippen LogP contribution is -2.73. The zero-order chi connectivity index (χ0) is 29.3. The predicted molar refractivity (Wildman–Crippen MR) is 144 cm³/mol. The minimum Gasteiger partial charge on any atom is -0.452 e. The normalized spacial score (nSPS) is 20.1. The Morgan fingerprint density at radius 3 is 2.29 bits per heavy atom. The molecular weight excluding hydrogens is 532 g/mol. The van der Waals surface area contributed by atoms with Gasteiger partial charge >= 0.3 is 18.2 Å². The fourth-order valence-electron chi connectivity index (χ4n) is 5.29. The van der Waals surface area contributed by atoms with Crippen LogP contribution in [0.1, 0.15) is 32.3 Å². The minimum absolute atomic E-state index is 0.218. The number of hydrogen-bond donors (Lipinski definition) is 1. The van der Waals surface area contributed by atoms with Gasteiger partial charge in [0, 0.05) is 18.5 Å². The van der Waals surface area contributed by atoms with E-state index < -0.39 is 35.8 Å². The molecule has 0 bridgehead atoms. The van der Waals surface area contributed by atoms with Crippen molar-refractivity contribution in [3.05, 3.63) is 54.1 Å². The van der Waals surface area contributed by atoms with Crippen LogP contribution in [0.4, 0.5) is 14.4 Å². The van der Waals surface area contributed by atoms with E-state index in [1.54, 1.807) is 4.90 Å². The maximum Gasteiger partial charge on any atom is 0.424 e. The third-order valence-electron chi connectivity index (χ3n) is 7.13. The summed E-state index contributed by atoms with van der Waals surface area (Å²) in [5.41, 5.74) is 1.82. The first-order chi connectivity index (χ1) is 19.7. The summed E-state index contributed by atoms with van der Waals surface area (Å²) in [7, 11) is 2.15. The number of aliphatic imine (C=N–C) groups is 1. The Kier molecular flexibility index (Phi) is 7.22. The number of nitrogens with one attached hydrogen (secondary N) is 1. The van der Waals surface area contributed by atoms with Crippen molar-refractivity contribution in [2.75, 3.05) is 14.2 Å². The Labute approximate surface area is 234 Å². The average Bonchev–Trinajstić information content (AvgIpc) is 3.60. The van der Waals surface area contributed by atoms with Crippen LogP contribution in [0.3, 0.4) is 0 Å². The Morgan fingerprint density at radius 1 is 1.00 bits per heavy atom. The van der Waals surface area contributed by atoms with Gasteiger partial charge in [-0.05, 0) is 35.2 Å². The molecule has 1 saturated heterocycles. The van der Waals surface area contributed by atoms with E-state index in [9.17, 15) is 19.2 Å². The third kappa shape index (κ3) is 4.56. The number of benzene rings is 2. The molecule has 14 nitrogen and oxygen atoms in total. The van der Waals surface area contributed by atoms with Crippen LogP contribution in [0.15, 0.2) is 53.5 Å². The lowest BCUT2D eigenvalue weighted by Gasteiger charge is -2.45. The number of H-pyrrole nitrogens is 1. The number of amides is 5. The van der Waals surface area contributed by atoms with Crippen LogP contribution in [0.2, 0.25) is 0 Å². The fourth-order valence-corrected chi connectivity index (χ4v) is 5.29. The van der Waals surface area contributed by atoms with Crippen molar-refractivity contribution in [1.82, 2.24) is 35.3 Å². The molecule has 5 amide bonds. The van der Waals surface area contributed by atoms with Gasteiger partial charge in [0.05, 0.1) is 14.2 Å². The van der Waals surface area contributed by atoms with Crippen molar-refractivity contribution in [3.63, 3.8) is 0 Å². The topological polar surface area (TPSA) is 163 Å². The van der Waals surface area contributed by atoms with Gasteiger partial charge in [-0.3, -0.25) is 4.79 Å². The van der Waals surface area contributed by atoms with E-state index in [1.807, 2.05) is 55.5 Å². The van der Waals surface area contributed by atoms with Crippen molar-refractivity contribution >= 4 is 30.0 Å². The highest BCUT2D eigenvalue weighted by Crippen LogP contribution is 2.40. The van der Waals surface area contributed by atoms with Crippen molar-refractivity contribution in [2.45, 2.75) is 44.9 Å². The number of fused-ring (bicyclic) bond motifs is 1. The maximum atomic E-state index is 13.7. The molecule has 0 spiro atoms. The highest BCUT2D eigenvalue weighted by atomic mass is 16.6. The number of aromatic amines is 1. The summed E-state index contributed by atoms with van der Waals surface area (Å²) in [6.45, 7) is 3.68. The molecule has 2 unspecified atom stereocenters. The zero-order valence-corrected chi connectivity index (χ0v) is 22.9. The number of rotatable bonds is 6. The number of hydrogen-bond acceptors (Lipinski definition) is 11. The summed E-state index contributed by atoms with van der Waals surface area (Å²) in [6.07, 6.45) is -1.10. The summed E-state index contributed by atoms with van der Waals surface area (Å²) in [4.78, 5) is 59.7. The molecule has 2 aromatic carbocycles. The highest BCUT2D eigenvalue weighted by Gasteiger charge is 2.64. The van der Waals surface area contributed by atoms with Crippen LogP contribution < -0.4 is 0 Å². The number of nitrogens with zero attached hydrogens (tertiary/aromatic N) is 7. The Bertz CT molecular complexity index is 1520. The van der Waals surface area contributed by atoms with Gasteiger partial charge in [-0.1, -0.05) is 55.5 Å². The predicted octanol–water partition coefficient (Wildman–Crippen LogP) is 3.43. The second-order valence-electron chi connectivity index (χ2n) is 9.61. The van der Waals surface area contributed by atoms with E-state index in [2.05, 4.69) is 25.4 Å². The number of carbonyl (C=O) groups excluding carboxylic acids is 4. The SMILES string of the molecule is CCCC1=NC2(C)C(C(=O)N(C(=O)OC)C(=O)N2C(=O)OC)N1Cc1ccc(-c2ccccc2-c2nn[nH]n2)cc1. The van der Waals surface area contributed by atoms with Gasteiger partial charge in [0.25, 0.3) is 5.91 Å². The zero-order valence-electron chi connectivity index (χ0n) is 22.9. The molecule has 41 heavy (non-hydrogen) atoms. The Balaban J connectivity index is 1.51. The van der Waals surface area contributed by atoms with E-state index in [0.29, 0.717) is 34.3 Å². The first-order valence-electron chi connectivity index (χ1n) is 12.9. The van der Waals surface area contributed by atoms with Gasteiger partial charge in [0.1, 0.15) is 5.84 Å². The molecule has 0 radical (unpaired) electrons. The first kappa shape index (κ1) is 27.4. The summed E-state index contributed by atoms with van der Waals surface area (Å²) < 4.78 is 9.53. The molecule has 14 heteroatoms. The van der Waals surface area contributed by atoms with Gasteiger partial charge in [-0.25, -0.2) is 19.4 Å². The minimum atomic E-state index is -1.64. The number of urea groups is 1. The summed E-state index contributed by atoms with van der Waals surface area (Å²) in [6, 6.07) is 13.0. The van der Waals surface area contributed by atoms with Gasteiger partial charge in [0.2, 0.25) is 5.82 Å². The Hall–Kier alpha value is -5.14. The lowest BCUT2D eigenvalue weighted by molar-refractivity contribution is -0.138. The second-order valence-corrected chi connectivity index (χ2v) is 9.61. The number of tetrazole rings is 1. The van der Waals surface area contributed by atoms with Crippen LogP contribution in [-0.2, 0) is 20.8 Å². The molecular formula is C27H28N8O6. The first-order valence-corrected chi connectivity index (χ1v) is 12.9. The van der Waals surface area contributed by atoms with E-state index in [4.69, 9.17) is 9.73 Å². The van der Waals surface area contributed by atoms with E-state index in [0.717, 1.165) is 36.5 Å². The molecule has 0 aliphatic carbocycles. The molecule has 1 aromatic heterocycles. The van der Waals surface area contributed by atoms with Crippen LogP contribution in [0.25, 0.3) is 22.5 Å². The summed E-state index contributed by atoms with van der Waals surface area (Å²) in [5, 5.41) is 14.3. The van der Waals surface area contributed by atoms with Crippen LogP contribution >= 0.6 is 0 Å². The number of amidine groups is 1. The highest BCUT2D eigenvalue weighted by molar-refractivity contribution is 6.17. The van der Waals surface area contributed by atoms with Crippen LogP contribution in [0, 0.1) is 0 Å². The van der Waals surface area contributed by atoms with Gasteiger partial charge < -0.3 is 14.4 Å². The molecule has 0 saturated carbocycles. The van der Waals surface area contributed by atoms with Crippen molar-refractivity contribution in [3.8, 4) is 22.5 Å². The molecule has 2 aliphatic heterocycles. The average molecular weight is 561 g/mol. The van der Waals surface area contributed by atoms with Gasteiger partial charge in [0.15, 0.2) is 11.7 Å². The smallest absolute Gasteiger partial charge is 0.424 e. The quantitative estimate of drug-likeness (QED) is 0.472. The molecule has 1 N–H and O–H groups in total. The molecule has 2 aliphatic rings. The molecule has 2 atom stereocenters. The molecule has 1 fully saturated rings. The lowest BCUT2D eigenvalue weighted by atomic mass is 9.95. The fraction of sp³-hybridized carbons (Fsp3) is 0.333. The number of ether oxygens (including phenoxy) is 2.